The van der Waals surface area contributed by atoms with Crippen molar-refractivity contribution < 1.29 is 13.9 Å². The summed E-state index contributed by atoms with van der Waals surface area (Å²) in [5.74, 6) is 1.21. The van der Waals surface area contributed by atoms with E-state index in [0.29, 0.717) is 63.8 Å². The van der Waals surface area contributed by atoms with Gasteiger partial charge in [-0.3, -0.25) is 0 Å². The number of aryl methyl sites for hydroxylation is 3. The average Bonchev–Trinajstić information content (AvgIpc) is 2.80. The lowest BCUT2D eigenvalue weighted by Crippen LogP contribution is -2.16. The Morgan fingerprint density at radius 1 is 0.824 bits per heavy atom. The van der Waals surface area contributed by atoms with E-state index in [0.717, 1.165) is 22.3 Å². The van der Waals surface area contributed by atoms with E-state index in [-0.39, 0.29) is 5.82 Å². The number of aromatic nitrogens is 3. The summed E-state index contributed by atoms with van der Waals surface area (Å²) in [5.41, 5.74) is 10.7. The van der Waals surface area contributed by atoms with E-state index >= 15 is 0 Å². The predicted octanol–water partition coefficient (Wildman–Crippen LogP) is 3.62. The highest BCUT2D eigenvalue weighted by molar-refractivity contribution is 5.67. The van der Waals surface area contributed by atoms with E-state index in [1.54, 1.807) is 12.1 Å². The van der Waals surface area contributed by atoms with E-state index in [9.17, 15) is 4.39 Å². The molecule has 8 nitrogen and oxygen atoms in total. The molecule has 0 atom stereocenters. The van der Waals surface area contributed by atoms with E-state index in [4.69, 9.17) is 15.2 Å². The van der Waals surface area contributed by atoms with Crippen LogP contribution in [0.15, 0.2) is 36.4 Å². The molecular formula is C25H33FN6O2. The predicted molar refractivity (Wildman–Crippen MR) is 132 cm³/mol. The van der Waals surface area contributed by atoms with Crippen LogP contribution in [0, 0.1) is 26.6 Å². The van der Waals surface area contributed by atoms with Gasteiger partial charge >= 0.3 is 0 Å². The maximum absolute atomic E-state index is 13.2. The second-order valence-corrected chi connectivity index (χ2v) is 8.00. The minimum absolute atomic E-state index is 0.267. The monoisotopic (exact) mass is 468 g/mol. The van der Waals surface area contributed by atoms with Gasteiger partial charge in [0, 0.05) is 25.2 Å². The normalized spacial score (nSPS) is 11.0. The van der Waals surface area contributed by atoms with Crippen molar-refractivity contribution in [2.24, 2.45) is 5.73 Å². The van der Waals surface area contributed by atoms with Crippen LogP contribution in [0.25, 0.3) is 11.4 Å². The molecule has 0 amide bonds. The van der Waals surface area contributed by atoms with Crippen LogP contribution in [0.1, 0.15) is 22.3 Å². The molecule has 0 saturated heterocycles. The highest BCUT2D eigenvalue weighted by Gasteiger charge is 2.14. The lowest BCUT2D eigenvalue weighted by Gasteiger charge is -2.14. The highest BCUT2D eigenvalue weighted by atomic mass is 19.1. The number of ether oxygens (including phenoxy) is 2. The third kappa shape index (κ3) is 7.72. The number of benzene rings is 2. The number of halogens is 1. The molecule has 0 radical (unpaired) electrons. The number of nitrogens with two attached hydrogens (primary N) is 1. The summed E-state index contributed by atoms with van der Waals surface area (Å²) >= 11 is 0. The van der Waals surface area contributed by atoms with Gasteiger partial charge in [0.15, 0.2) is 5.82 Å². The first-order valence-electron chi connectivity index (χ1n) is 11.4. The Hall–Kier alpha value is -3.14. The number of nitrogens with one attached hydrogen (secondary N) is 2. The molecule has 0 fully saturated rings. The third-order valence-corrected chi connectivity index (χ3v) is 5.06. The van der Waals surface area contributed by atoms with E-state index in [2.05, 4.69) is 58.5 Å². The zero-order chi connectivity index (χ0) is 24.3. The Kier molecular flexibility index (Phi) is 9.69. The first-order valence-corrected chi connectivity index (χ1v) is 11.4. The van der Waals surface area contributed by atoms with Crippen molar-refractivity contribution in [2.45, 2.75) is 27.3 Å². The molecule has 4 N–H and O–H groups in total. The van der Waals surface area contributed by atoms with Crippen LogP contribution in [-0.4, -0.2) is 54.5 Å². The summed E-state index contributed by atoms with van der Waals surface area (Å²) in [5, 5.41) is 6.44. The molecule has 0 saturated carbocycles. The molecule has 0 aliphatic heterocycles. The molecule has 0 aliphatic carbocycles. The fourth-order valence-corrected chi connectivity index (χ4v) is 3.60. The summed E-state index contributed by atoms with van der Waals surface area (Å²) in [6, 6.07) is 10.6. The average molecular weight is 469 g/mol. The molecule has 0 aliphatic rings. The fraction of sp³-hybridized carbons (Fsp3) is 0.400. The van der Waals surface area contributed by atoms with Crippen LogP contribution >= 0.6 is 0 Å². The van der Waals surface area contributed by atoms with Crippen molar-refractivity contribution in [3.05, 3.63) is 64.5 Å². The van der Waals surface area contributed by atoms with Gasteiger partial charge in [0.2, 0.25) is 11.9 Å². The molecule has 0 unspecified atom stereocenters. The van der Waals surface area contributed by atoms with E-state index in [1.165, 1.54) is 17.7 Å². The molecule has 0 bridgehead atoms. The number of hydrogen-bond acceptors (Lipinski definition) is 8. The summed E-state index contributed by atoms with van der Waals surface area (Å²) in [4.78, 5) is 13.8. The van der Waals surface area contributed by atoms with Crippen molar-refractivity contribution in [3.8, 4) is 11.4 Å². The van der Waals surface area contributed by atoms with Gasteiger partial charge in [0.05, 0.1) is 26.4 Å². The minimum Gasteiger partial charge on any atom is -0.378 e. The Bertz CT molecular complexity index is 1040. The molecule has 0 spiro atoms. The Balaban J connectivity index is 1.73. The molecule has 34 heavy (non-hydrogen) atoms. The van der Waals surface area contributed by atoms with Crippen molar-refractivity contribution in [3.63, 3.8) is 0 Å². The van der Waals surface area contributed by atoms with Crippen molar-refractivity contribution >= 4 is 11.9 Å². The molecule has 1 aromatic heterocycles. The number of nitrogens with zero attached hydrogens (tertiary/aromatic N) is 3. The molecule has 182 valence electrons. The fourth-order valence-electron chi connectivity index (χ4n) is 3.60. The van der Waals surface area contributed by atoms with Crippen LogP contribution in [0.5, 0.6) is 0 Å². The SMILES string of the molecule is Cc1cc(C)c(-c2nc(NCCOCCOCCN)nc(NCc3ccc(F)cc3)n2)c(C)c1. The maximum Gasteiger partial charge on any atom is 0.228 e. The van der Waals surface area contributed by atoms with Crippen molar-refractivity contribution in [1.29, 1.82) is 0 Å². The molecule has 9 heteroatoms. The first kappa shape index (κ1) is 25.5. The van der Waals surface area contributed by atoms with Crippen LogP contribution in [0.3, 0.4) is 0 Å². The van der Waals surface area contributed by atoms with Gasteiger partial charge in [-0.05, 0) is 49.6 Å². The standard InChI is InChI=1S/C25H33FN6O2/c1-17-14-18(2)22(19(3)15-17)23-30-24(28-9-11-34-13-12-33-10-8-27)32-25(31-23)29-16-20-4-6-21(26)7-5-20/h4-7,14-15H,8-13,16,27H2,1-3H3,(H2,28,29,30,31,32). The van der Waals surface area contributed by atoms with E-state index in [1.807, 2.05) is 0 Å². The molecule has 3 aromatic rings. The molecular weight excluding hydrogens is 435 g/mol. The third-order valence-electron chi connectivity index (χ3n) is 5.06. The second-order valence-electron chi connectivity index (χ2n) is 8.00. The summed E-state index contributed by atoms with van der Waals surface area (Å²) in [6.07, 6.45) is 0. The first-order chi connectivity index (χ1) is 16.5. The van der Waals surface area contributed by atoms with Gasteiger partial charge < -0.3 is 25.8 Å². The molecule has 1 heterocycles. The largest absolute Gasteiger partial charge is 0.378 e. The van der Waals surface area contributed by atoms with Crippen LogP contribution < -0.4 is 16.4 Å². The lowest BCUT2D eigenvalue weighted by atomic mass is 9.99. The summed E-state index contributed by atoms with van der Waals surface area (Å²) < 4.78 is 24.1. The molecule has 3 rings (SSSR count). The quantitative estimate of drug-likeness (QED) is 0.327. The van der Waals surface area contributed by atoms with Crippen LogP contribution in [-0.2, 0) is 16.0 Å². The van der Waals surface area contributed by atoms with Gasteiger partial charge in [-0.2, -0.15) is 15.0 Å². The zero-order valence-electron chi connectivity index (χ0n) is 20.0. The highest BCUT2D eigenvalue weighted by Crippen LogP contribution is 2.27. The summed E-state index contributed by atoms with van der Waals surface area (Å²) in [7, 11) is 0. The van der Waals surface area contributed by atoms with Crippen molar-refractivity contribution in [2.75, 3.05) is 50.2 Å². The number of rotatable bonds is 13. The van der Waals surface area contributed by atoms with Gasteiger partial charge in [0.1, 0.15) is 5.82 Å². The maximum atomic E-state index is 13.2. The van der Waals surface area contributed by atoms with Crippen LogP contribution in [0.4, 0.5) is 16.3 Å². The van der Waals surface area contributed by atoms with Gasteiger partial charge in [-0.15, -0.1) is 0 Å². The summed E-state index contributed by atoms with van der Waals surface area (Å²) in [6.45, 7) is 9.69. The van der Waals surface area contributed by atoms with Gasteiger partial charge in [-0.1, -0.05) is 29.8 Å². The van der Waals surface area contributed by atoms with Crippen LogP contribution in [0.2, 0.25) is 0 Å². The Morgan fingerprint density at radius 2 is 1.44 bits per heavy atom. The smallest absolute Gasteiger partial charge is 0.228 e. The Labute approximate surface area is 200 Å². The van der Waals surface area contributed by atoms with E-state index < -0.39 is 0 Å². The Morgan fingerprint density at radius 3 is 2.09 bits per heavy atom. The lowest BCUT2D eigenvalue weighted by molar-refractivity contribution is 0.0547. The second kappa shape index (κ2) is 12.9. The zero-order valence-corrected chi connectivity index (χ0v) is 20.0. The number of hydrogen-bond donors (Lipinski definition) is 3. The topological polar surface area (TPSA) is 107 Å². The van der Waals surface area contributed by atoms with Gasteiger partial charge in [0.25, 0.3) is 0 Å². The minimum atomic E-state index is -0.267. The molecule has 2 aromatic carbocycles. The van der Waals surface area contributed by atoms with Crippen molar-refractivity contribution in [1.82, 2.24) is 15.0 Å². The van der Waals surface area contributed by atoms with Gasteiger partial charge in [-0.25, -0.2) is 4.39 Å². The number of anilines is 2.